The van der Waals surface area contributed by atoms with Crippen LogP contribution in [-0.4, -0.2) is 47.2 Å². The van der Waals surface area contributed by atoms with Gasteiger partial charge >= 0.3 is 0 Å². The number of ketones is 1. The van der Waals surface area contributed by atoms with Gasteiger partial charge in [0.1, 0.15) is 11.6 Å². The molecule has 10 nitrogen and oxygen atoms in total. The molecule has 0 fully saturated rings. The number of nitrogens with zero attached hydrogens (tertiary/aromatic N) is 3. The van der Waals surface area contributed by atoms with Crippen molar-refractivity contribution in [3.63, 3.8) is 0 Å². The van der Waals surface area contributed by atoms with E-state index >= 15 is 0 Å². The molecular weight excluding hydrogens is 543 g/mol. The normalized spacial score (nSPS) is 11.8. The number of primary amides is 1. The van der Waals surface area contributed by atoms with Crippen LogP contribution >= 0.6 is 11.6 Å². The fourth-order valence-corrected chi connectivity index (χ4v) is 4.52. The van der Waals surface area contributed by atoms with Gasteiger partial charge in [-0.3, -0.25) is 14.4 Å². The summed E-state index contributed by atoms with van der Waals surface area (Å²) in [6.45, 7) is 1.86. The number of Topliss-reactive ketones (excluding diaryl/α,β-unsaturated/α-hetero) is 1. The minimum atomic E-state index is -0.952. The van der Waals surface area contributed by atoms with Crippen molar-refractivity contribution in [3.05, 3.63) is 86.8 Å². The molecule has 2 N–H and O–H groups in total. The fourth-order valence-electron chi connectivity index (χ4n) is 4.35. The van der Waals surface area contributed by atoms with Gasteiger partial charge in [-0.05, 0) is 54.8 Å². The molecule has 1 atom stereocenters. The molecule has 0 spiro atoms. The predicted octanol–water partition coefficient (Wildman–Crippen LogP) is 4.16. The zero-order valence-corrected chi connectivity index (χ0v) is 22.7. The summed E-state index contributed by atoms with van der Waals surface area (Å²) in [7, 11) is 2.91. The highest BCUT2D eigenvalue weighted by molar-refractivity contribution is 6.31. The van der Waals surface area contributed by atoms with Crippen molar-refractivity contribution in [3.8, 4) is 28.3 Å². The number of carbonyl (C=O) groups is 2. The van der Waals surface area contributed by atoms with E-state index in [4.69, 9.17) is 31.3 Å². The number of aromatic nitrogens is 3. The Hall–Kier alpha value is -4.35. The molecule has 0 saturated heterocycles. The molecule has 2 aromatic heterocycles. The van der Waals surface area contributed by atoms with E-state index in [1.54, 1.807) is 25.1 Å². The second-order valence-corrected chi connectivity index (χ2v) is 9.39. The van der Waals surface area contributed by atoms with E-state index < -0.39 is 23.3 Å². The molecular formula is C28H26ClFN4O6. The maximum atomic E-state index is 14.3. The number of carbonyl (C=O) groups excluding carboxylic acids is 2. The van der Waals surface area contributed by atoms with E-state index in [-0.39, 0.29) is 42.4 Å². The van der Waals surface area contributed by atoms with Crippen LogP contribution in [0.1, 0.15) is 34.2 Å². The third kappa shape index (κ3) is 6.11. The highest BCUT2D eigenvalue weighted by Crippen LogP contribution is 2.38. The highest BCUT2D eigenvalue weighted by Gasteiger charge is 2.25. The third-order valence-electron chi connectivity index (χ3n) is 6.27. The average molecular weight is 569 g/mol. The van der Waals surface area contributed by atoms with Crippen LogP contribution in [0.25, 0.3) is 22.6 Å². The van der Waals surface area contributed by atoms with Crippen LogP contribution < -0.4 is 16.0 Å². The second kappa shape index (κ2) is 12.2. The van der Waals surface area contributed by atoms with Crippen molar-refractivity contribution in [1.29, 1.82) is 0 Å². The lowest BCUT2D eigenvalue weighted by Crippen LogP contribution is -2.31. The summed E-state index contributed by atoms with van der Waals surface area (Å²) in [6.07, 6.45) is 1.41. The van der Waals surface area contributed by atoms with Crippen LogP contribution in [0.3, 0.4) is 0 Å². The number of benzene rings is 2. The molecule has 0 aliphatic heterocycles. The molecule has 4 aromatic rings. The van der Waals surface area contributed by atoms with Crippen molar-refractivity contribution >= 4 is 23.3 Å². The van der Waals surface area contributed by atoms with Gasteiger partial charge in [0, 0.05) is 42.4 Å². The monoisotopic (exact) mass is 568 g/mol. The van der Waals surface area contributed by atoms with Gasteiger partial charge in [0.15, 0.2) is 11.6 Å². The van der Waals surface area contributed by atoms with Crippen LogP contribution in [0.5, 0.6) is 5.75 Å². The summed E-state index contributed by atoms with van der Waals surface area (Å²) in [5.74, 6) is -1.16. The van der Waals surface area contributed by atoms with Gasteiger partial charge in [-0.25, -0.2) is 4.39 Å². The van der Waals surface area contributed by atoms with E-state index in [2.05, 4.69) is 10.1 Å². The van der Waals surface area contributed by atoms with Gasteiger partial charge in [-0.1, -0.05) is 22.8 Å². The summed E-state index contributed by atoms with van der Waals surface area (Å²) >= 11 is 6.29. The van der Waals surface area contributed by atoms with E-state index in [1.165, 1.54) is 43.2 Å². The second-order valence-electron chi connectivity index (χ2n) is 8.96. The van der Waals surface area contributed by atoms with Gasteiger partial charge in [-0.2, -0.15) is 4.98 Å². The number of amides is 1. The zero-order valence-electron chi connectivity index (χ0n) is 21.9. The minimum absolute atomic E-state index is 0.170. The summed E-state index contributed by atoms with van der Waals surface area (Å²) in [4.78, 5) is 42.5. The molecule has 208 valence electrons. The lowest BCUT2D eigenvalue weighted by molar-refractivity contribution is -0.122. The van der Waals surface area contributed by atoms with Crippen LogP contribution in [0, 0.1) is 12.7 Å². The smallest absolute Gasteiger partial charge is 0.258 e. The van der Waals surface area contributed by atoms with Crippen LogP contribution in [-0.2, 0) is 16.0 Å². The molecule has 12 heteroatoms. The van der Waals surface area contributed by atoms with E-state index in [0.717, 1.165) is 6.07 Å². The maximum Gasteiger partial charge on any atom is 0.258 e. The molecule has 1 amide bonds. The Morgan fingerprint density at radius 2 is 1.90 bits per heavy atom. The molecule has 2 aromatic carbocycles. The maximum absolute atomic E-state index is 14.3. The molecule has 40 heavy (non-hydrogen) atoms. The summed E-state index contributed by atoms with van der Waals surface area (Å²) in [5.41, 5.74) is 6.17. The van der Waals surface area contributed by atoms with Crippen molar-refractivity contribution < 1.29 is 28.0 Å². The quantitative estimate of drug-likeness (QED) is 0.284. The highest BCUT2D eigenvalue weighted by atomic mass is 35.5. The van der Waals surface area contributed by atoms with Crippen molar-refractivity contribution in [2.45, 2.75) is 25.8 Å². The number of aryl methyl sites for hydroxylation is 1. The van der Waals surface area contributed by atoms with Gasteiger partial charge in [-0.15, -0.1) is 0 Å². The first-order chi connectivity index (χ1) is 19.1. The third-order valence-corrected chi connectivity index (χ3v) is 6.51. The van der Waals surface area contributed by atoms with E-state index in [9.17, 15) is 18.8 Å². The Morgan fingerprint density at radius 3 is 2.52 bits per heavy atom. The number of pyridine rings is 1. The number of hydrogen-bond donors (Lipinski definition) is 1. The number of rotatable bonds is 11. The molecule has 1 unspecified atom stereocenters. The Labute approximate surface area is 233 Å². The number of nitrogens with two attached hydrogens (primary N) is 1. The van der Waals surface area contributed by atoms with Crippen molar-refractivity contribution in [1.82, 2.24) is 14.7 Å². The lowest BCUT2D eigenvalue weighted by atomic mass is 9.98. The molecule has 0 saturated carbocycles. The Balaban J connectivity index is 1.76. The van der Waals surface area contributed by atoms with Crippen LogP contribution in [0.2, 0.25) is 5.02 Å². The SMILES string of the molecule is COCCC(C(=O)Cc1ccc(C(N)=O)c(F)c1)n1cc(OC)c(-c2cc(Cl)ccc2-c2nc(C)no2)cc1=O. The minimum Gasteiger partial charge on any atom is -0.495 e. The van der Waals surface area contributed by atoms with Crippen molar-refractivity contribution in [2.75, 3.05) is 20.8 Å². The topological polar surface area (TPSA) is 140 Å². The first kappa shape index (κ1) is 28.7. The standard InChI is InChI=1S/C28H26ClFN4O6/c1-15-32-28(40-33-15)18-7-5-17(29)12-20(18)21-13-26(36)34(14-25(21)39-3)23(8-9-38-2)24(35)11-16-4-6-19(27(31)37)22(30)10-16/h4-7,10,12-14,23H,8-9,11H2,1-3H3,(H2,31,37). The number of methoxy groups -OCH3 is 2. The Morgan fingerprint density at radius 1 is 1.12 bits per heavy atom. The fraction of sp³-hybridized carbons (Fsp3) is 0.250. The molecule has 2 heterocycles. The summed E-state index contributed by atoms with van der Waals surface area (Å²) in [6, 6.07) is 9.14. The van der Waals surface area contributed by atoms with Gasteiger partial charge in [0.05, 0.1) is 24.9 Å². The van der Waals surface area contributed by atoms with Crippen LogP contribution in [0.15, 0.2) is 58.0 Å². The van der Waals surface area contributed by atoms with Crippen molar-refractivity contribution in [2.24, 2.45) is 5.73 Å². The number of ether oxygens (including phenoxy) is 2. The Bertz CT molecular complexity index is 1630. The van der Waals surface area contributed by atoms with E-state index in [1.807, 2.05) is 0 Å². The molecule has 0 bridgehead atoms. The van der Waals surface area contributed by atoms with Gasteiger partial charge in [0.25, 0.3) is 17.4 Å². The molecule has 0 radical (unpaired) electrons. The first-order valence-corrected chi connectivity index (χ1v) is 12.5. The van der Waals surface area contributed by atoms with Gasteiger partial charge < -0.3 is 24.3 Å². The lowest BCUT2D eigenvalue weighted by Gasteiger charge is -2.21. The van der Waals surface area contributed by atoms with Crippen LogP contribution in [0.4, 0.5) is 4.39 Å². The molecule has 4 rings (SSSR count). The average Bonchev–Trinajstić information content (AvgIpc) is 3.35. The first-order valence-electron chi connectivity index (χ1n) is 12.1. The Kier molecular flexibility index (Phi) is 8.76. The molecule has 0 aliphatic carbocycles. The number of hydrogen-bond acceptors (Lipinski definition) is 8. The predicted molar refractivity (Wildman–Crippen MR) is 145 cm³/mol. The molecule has 0 aliphatic rings. The van der Waals surface area contributed by atoms with Gasteiger partial charge in [0.2, 0.25) is 0 Å². The van der Waals surface area contributed by atoms with E-state index in [0.29, 0.717) is 33.1 Å². The summed E-state index contributed by atoms with van der Waals surface area (Å²) in [5, 5.41) is 4.24. The summed E-state index contributed by atoms with van der Waals surface area (Å²) < 4.78 is 31.7. The number of halogens is 2. The zero-order chi connectivity index (χ0) is 29.0. The largest absolute Gasteiger partial charge is 0.495 e.